The molecule has 0 aliphatic heterocycles. The second-order valence-electron chi connectivity index (χ2n) is 4.89. The van der Waals surface area contributed by atoms with Crippen molar-refractivity contribution in [3.8, 4) is 11.8 Å². The van der Waals surface area contributed by atoms with Crippen LogP contribution in [0.5, 0.6) is 0 Å². The summed E-state index contributed by atoms with van der Waals surface area (Å²) in [5, 5.41) is 16.9. The number of aryl methyl sites for hydroxylation is 1. The third-order valence-corrected chi connectivity index (χ3v) is 3.20. The molecule has 0 spiro atoms. The highest BCUT2D eigenvalue weighted by Crippen LogP contribution is 2.29. The van der Waals surface area contributed by atoms with Crippen molar-refractivity contribution >= 4 is 11.6 Å². The number of nitrogens with zero attached hydrogens (tertiary/aromatic N) is 3. The molecule has 3 N–H and O–H groups in total. The van der Waals surface area contributed by atoms with E-state index in [-0.39, 0.29) is 0 Å². The second-order valence-corrected chi connectivity index (χ2v) is 4.89. The monoisotopic (exact) mass is 253 g/mol. The Kier molecular flexibility index (Phi) is 2.64. The van der Waals surface area contributed by atoms with Crippen LogP contribution in [-0.2, 0) is 0 Å². The van der Waals surface area contributed by atoms with Crippen LogP contribution in [0.3, 0.4) is 0 Å². The molecule has 1 aromatic carbocycles. The Hall–Kier alpha value is -2.48. The molecule has 0 amide bonds. The fourth-order valence-electron chi connectivity index (χ4n) is 2.02. The molecule has 96 valence electrons. The molecule has 0 bridgehead atoms. The van der Waals surface area contributed by atoms with E-state index in [1.54, 1.807) is 4.68 Å². The smallest absolute Gasteiger partial charge is 0.168 e. The van der Waals surface area contributed by atoms with Gasteiger partial charge in [-0.2, -0.15) is 5.26 Å². The lowest BCUT2D eigenvalue weighted by atomic mass is 10.2. The van der Waals surface area contributed by atoms with E-state index in [1.807, 2.05) is 31.2 Å². The highest BCUT2D eigenvalue weighted by molar-refractivity contribution is 5.66. The average Bonchev–Trinajstić information content (AvgIpc) is 3.14. The first-order valence-corrected chi connectivity index (χ1v) is 6.31. The maximum atomic E-state index is 9.22. The average molecular weight is 253 g/mol. The van der Waals surface area contributed by atoms with Crippen LogP contribution in [0.1, 0.15) is 24.0 Å². The SMILES string of the molecule is Cc1cccc(-n2nc(NC3CC3)c(C#N)c2N)c1. The number of aromatic nitrogens is 2. The molecule has 1 fully saturated rings. The van der Waals surface area contributed by atoms with Gasteiger partial charge in [-0.05, 0) is 37.5 Å². The summed E-state index contributed by atoms with van der Waals surface area (Å²) in [6.45, 7) is 2.01. The molecule has 1 saturated carbocycles. The Balaban J connectivity index is 2.06. The topological polar surface area (TPSA) is 79.7 Å². The summed E-state index contributed by atoms with van der Waals surface area (Å²) >= 11 is 0. The van der Waals surface area contributed by atoms with Crippen LogP contribution in [0.25, 0.3) is 5.69 Å². The third kappa shape index (κ3) is 2.13. The number of nitrogen functional groups attached to an aromatic ring is 1. The molecule has 1 heterocycles. The largest absolute Gasteiger partial charge is 0.382 e. The molecule has 0 saturated heterocycles. The van der Waals surface area contributed by atoms with E-state index in [1.165, 1.54) is 0 Å². The molecule has 1 aliphatic carbocycles. The van der Waals surface area contributed by atoms with Gasteiger partial charge in [0, 0.05) is 6.04 Å². The van der Waals surface area contributed by atoms with Crippen LogP contribution < -0.4 is 11.1 Å². The van der Waals surface area contributed by atoms with E-state index in [0.29, 0.717) is 23.2 Å². The fraction of sp³-hybridized carbons (Fsp3) is 0.286. The van der Waals surface area contributed by atoms with Crippen molar-refractivity contribution in [2.75, 3.05) is 11.1 Å². The summed E-state index contributed by atoms with van der Waals surface area (Å²) in [5.74, 6) is 0.972. The normalized spacial score (nSPS) is 14.1. The highest BCUT2D eigenvalue weighted by Gasteiger charge is 2.25. The Morgan fingerprint density at radius 3 is 2.89 bits per heavy atom. The molecule has 1 aromatic heterocycles. The number of anilines is 2. The van der Waals surface area contributed by atoms with Crippen LogP contribution in [0.15, 0.2) is 24.3 Å². The van der Waals surface area contributed by atoms with Crippen molar-refractivity contribution in [3.63, 3.8) is 0 Å². The maximum Gasteiger partial charge on any atom is 0.168 e. The molecule has 0 atom stereocenters. The van der Waals surface area contributed by atoms with Crippen molar-refractivity contribution < 1.29 is 0 Å². The number of nitrogens with one attached hydrogen (secondary N) is 1. The molecule has 5 nitrogen and oxygen atoms in total. The molecular formula is C14H15N5. The van der Waals surface area contributed by atoms with E-state index in [0.717, 1.165) is 24.1 Å². The zero-order valence-electron chi connectivity index (χ0n) is 10.7. The maximum absolute atomic E-state index is 9.22. The number of hydrogen-bond donors (Lipinski definition) is 2. The Morgan fingerprint density at radius 1 is 1.47 bits per heavy atom. The zero-order chi connectivity index (χ0) is 13.4. The van der Waals surface area contributed by atoms with Crippen molar-refractivity contribution in [3.05, 3.63) is 35.4 Å². The van der Waals surface area contributed by atoms with Crippen LogP contribution in [0.4, 0.5) is 11.6 Å². The Bertz CT molecular complexity index is 661. The van der Waals surface area contributed by atoms with Crippen molar-refractivity contribution in [1.82, 2.24) is 9.78 Å². The molecule has 0 unspecified atom stereocenters. The number of rotatable bonds is 3. The van der Waals surface area contributed by atoms with Crippen molar-refractivity contribution in [2.45, 2.75) is 25.8 Å². The van der Waals surface area contributed by atoms with Gasteiger partial charge < -0.3 is 11.1 Å². The summed E-state index contributed by atoms with van der Waals surface area (Å²) in [6.07, 6.45) is 2.25. The van der Waals surface area contributed by atoms with Gasteiger partial charge in [-0.3, -0.25) is 0 Å². The molecule has 3 rings (SSSR count). The standard InChI is InChI=1S/C14H15N5/c1-9-3-2-4-11(7-9)19-13(16)12(8-15)14(18-19)17-10-5-6-10/h2-4,7,10H,5-6,16H2,1H3,(H,17,18). The second kappa shape index (κ2) is 4.32. The number of hydrogen-bond acceptors (Lipinski definition) is 4. The minimum absolute atomic E-state index is 0.385. The van der Waals surface area contributed by atoms with Crippen LogP contribution in [0.2, 0.25) is 0 Å². The van der Waals surface area contributed by atoms with Crippen molar-refractivity contribution in [1.29, 1.82) is 5.26 Å². The van der Waals surface area contributed by atoms with Crippen LogP contribution >= 0.6 is 0 Å². The number of benzene rings is 1. The van der Waals surface area contributed by atoms with Gasteiger partial charge in [0.25, 0.3) is 0 Å². The Labute approximate surface area is 111 Å². The fourth-order valence-corrected chi connectivity index (χ4v) is 2.02. The van der Waals surface area contributed by atoms with Gasteiger partial charge in [-0.15, -0.1) is 5.10 Å². The van der Waals surface area contributed by atoms with Crippen LogP contribution in [0, 0.1) is 18.3 Å². The van der Waals surface area contributed by atoms with Gasteiger partial charge >= 0.3 is 0 Å². The van der Waals surface area contributed by atoms with E-state index in [2.05, 4.69) is 16.5 Å². The van der Waals surface area contributed by atoms with E-state index in [4.69, 9.17) is 5.73 Å². The zero-order valence-corrected chi connectivity index (χ0v) is 10.7. The van der Waals surface area contributed by atoms with Gasteiger partial charge in [-0.1, -0.05) is 12.1 Å². The molecule has 5 heteroatoms. The summed E-state index contributed by atoms with van der Waals surface area (Å²) in [7, 11) is 0. The molecule has 2 aromatic rings. The summed E-state index contributed by atoms with van der Waals surface area (Å²) in [6, 6.07) is 10.5. The summed E-state index contributed by atoms with van der Waals surface area (Å²) < 4.78 is 1.62. The molecule has 19 heavy (non-hydrogen) atoms. The summed E-state index contributed by atoms with van der Waals surface area (Å²) in [4.78, 5) is 0. The van der Waals surface area contributed by atoms with Crippen LogP contribution in [-0.4, -0.2) is 15.8 Å². The first-order chi connectivity index (χ1) is 9.19. The highest BCUT2D eigenvalue weighted by atomic mass is 15.4. The van der Waals surface area contributed by atoms with Crippen molar-refractivity contribution in [2.24, 2.45) is 0 Å². The lowest BCUT2D eigenvalue weighted by Gasteiger charge is -2.04. The van der Waals surface area contributed by atoms with E-state index < -0.39 is 0 Å². The Morgan fingerprint density at radius 2 is 2.26 bits per heavy atom. The lowest BCUT2D eigenvalue weighted by Crippen LogP contribution is -2.04. The van der Waals surface area contributed by atoms with Gasteiger partial charge in [0.15, 0.2) is 5.82 Å². The first kappa shape index (κ1) is 11.6. The predicted molar refractivity (Wildman–Crippen MR) is 74.1 cm³/mol. The minimum atomic E-state index is 0.385. The van der Waals surface area contributed by atoms with E-state index >= 15 is 0 Å². The molecule has 1 aliphatic rings. The van der Waals surface area contributed by atoms with E-state index in [9.17, 15) is 5.26 Å². The summed E-state index contributed by atoms with van der Waals surface area (Å²) in [5.41, 5.74) is 8.46. The number of nitriles is 1. The van der Waals surface area contributed by atoms with Gasteiger partial charge in [0.1, 0.15) is 17.5 Å². The minimum Gasteiger partial charge on any atom is -0.382 e. The van der Waals surface area contributed by atoms with Gasteiger partial charge in [-0.25, -0.2) is 4.68 Å². The molecular weight excluding hydrogens is 238 g/mol. The number of nitrogens with two attached hydrogens (primary N) is 1. The van der Waals surface area contributed by atoms with Gasteiger partial charge in [0.05, 0.1) is 5.69 Å². The third-order valence-electron chi connectivity index (χ3n) is 3.20. The predicted octanol–water partition coefficient (Wildman–Crippen LogP) is 2.21. The first-order valence-electron chi connectivity index (χ1n) is 6.31. The van der Waals surface area contributed by atoms with Gasteiger partial charge in [0.2, 0.25) is 0 Å². The molecule has 0 radical (unpaired) electrons. The quantitative estimate of drug-likeness (QED) is 0.878. The lowest BCUT2D eigenvalue weighted by molar-refractivity contribution is 0.886.